The minimum absolute atomic E-state index is 0.0993. The summed E-state index contributed by atoms with van der Waals surface area (Å²) >= 11 is 0. The molecule has 0 aliphatic carbocycles. The summed E-state index contributed by atoms with van der Waals surface area (Å²) in [6.07, 6.45) is -0.307. The lowest BCUT2D eigenvalue weighted by molar-refractivity contribution is -0.385. The zero-order valence-corrected chi connectivity index (χ0v) is 14.0. The zero-order valence-electron chi connectivity index (χ0n) is 14.0. The van der Waals surface area contributed by atoms with Gasteiger partial charge in [-0.15, -0.1) is 0 Å². The second-order valence-electron chi connectivity index (χ2n) is 5.44. The molecule has 0 aliphatic rings. The maximum atomic E-state index is 11.8. The first-order valence-corrected chi connectivity index (χ1v) is 7.78. The van der Waals surface area contributed by atoms with Gasteiger partial charge in [0.25, 0.3) is 11.4 Å². The summed E-state index contributed by atoms with van der Waals surface area (Å²) in [6.45, 7) is -0.134. The van der Waals surface area contributed by atoms with Gasteiger partial charge in [-0.05, 0) is 17.7 Å². The van der Waals surface area contributed by atoms with Gasteiger partial charge in [-0.1, -0.05) is 12.1 Å². The maximum absolute atomic E-state index is 11.8. The Bertz CT molecular complexity index is 865. The van der Waals surface area contributed by atoms with Gasteiger partial charge in [-0.3, -0.25) is 29.8 Å². The fourth-order valence-corrected chi connectivity index (χ4v) is 2.10. The predicted molar refractivity (Wildman–Crippen MR) is 93.9 cm³/mol. The molecule has 0 aromatic heterocycles. The van der Waals surface area contributed by atoms with Crippen LogP contribution in [0.25, 0.3) is 0 Å². The number of rotatable bonds is 8. The molecule has 140 valence electrons. The predicted octanol–water partition coefficient (Wildman–Crippen LogP) is 2.97. The van der Waals surface area contributed by atoms with Crippen LogP contribution in [0.3, 0.4) is 0 Å². The summed E-state index contributed by atoms with van der Waals surface area (Å²) in [5.41, 5.74) is 0.632. The van der Waals surface area contributed by atoms with Crippen molar-refractivity contribution < 1.29 is 24.2 Å². The number of nitrogens with zero attached hydrogens (tertiary/aromatic N) is 2. The van der Waals surface area contributed by atoms with Crippen molar-refractivity contribution in [2.24, 2.45) is 0 Å². The highest BCUT2D eigenvalue weighted by molar-refractivity contribution is 5.92. The Morgan fingerprint density at radius 2 is 1.59 bits per heavy atom. The SMILES string of the molecule is O=C(CCC(=O)OCc1cccc([N+](=O)[O-])c1)Nc1ccc([N+](=O)[O-])cc1. The van der Waals surface area contributed by atoms with Crippen LogP contribution < -0.4 is 5.32 Å². The number of carbonyl (C=O) groups is 2. The van der Waals surface area contributed by atoms with Crippen molar-refractivity contribution in [1.82, 2.24) is 0 Å². The van der Waals surface area contributed by atoms with Gasteiger partial charge in [-0.2, -0.15) is 0 Å². The first kappa shape index (κ1) is 19.5. The van der Waals surface area contributed by atoms with Crippen molar-refractivity contribution in [2.75, 3.05) is 5.32 Å². The number of anilines is 1. The second-order valence-corrected chi connectivity index (χ2v) is 5.44. The Labute approximate surface area is 153 Å². The van der Waals surface area contributed by atoms with E-state index < -0.39 is 21.7 Å². The molecule has 2 aromatic carbocycles. The van der Waals surface area contributed by atoms with E-state index in [0.717, 1.165) is 0 Å². The van der Waals surface area contributed by atoms with Crippen molar-refractivity contribution in [2.45, 2.75) is 19.4 Å². The van der Waals surface area contributed by atoms with E-state index in [4.69, 9.17) is 4.74 Å². The average molecular weight is 373 g/mol. The average Bonchev–Trinajstić information content (AvgIpc) is 2.65. The monoisotopic (exact) mass is 373 g/mol. The largest absolute Gasteiger partial charge is 0.461 e. The normalized spacial score (nSPS) is 10.1. The lowest BCUT2D eigenvalue weighted by Gasteiger charge is -2.06. The lowest BCUT2D eigenvalue weighted by atomic mass is 10.2. The van der Waals surface area contributed by atoms with E-state index in [2.05, 4.69) is 5.32 Å². The van der Waals surface area contributed by atoms with Crippen LogP contribution in [0.1, 0.15) is 18.4 Å². The lowest BCUT2D eigenvalue weighted by Crippen LogP contribution is -2.14. The number of nitro benzene ring substituents is 2. The van der Waals surface area contributed by atoms with Gasteiger partial charge in [0, 0.05) is 36.4 Å². The van der Waals surface area contributed by atoms with Crippen LogP contribution in [-0.4, -0.2) is 21.7 Å². The fraction of sp³-hybridized carbons (Fsp3) is 0.176. The molecule has 0 unspecified atom stereocenters. The summed E-state index contributed by atoms with van der Waals surface area (Å²) in [5, 5.41) is 23.8. The van der Waals surface area contributed by atoms with Crippen LogP contribution in [0.2, 0.25) is 0 Å². The Hall–Kier alpha value is -3.82. The number of benzene rings is 2. The van der Waals surface area contributed by atoms with Crippen LogP contribution in [-0.2, 0) is 20.9 Å². The van der Waals surface area contributed by atoms with Gasteiger partial charge in [-0.25, -0.2) is 0 Å². The van der Waals surface area contributed by atoms with E-state index >= 15 is 0 Å². The Balaban J connectivity index is 1.76. The van der Waals surface area contributed by atoms with Crippen molar-refractivity contribution in [3.63, 3.8) is 0 Å². The number of carbonyl (C=O) groups excluding carboxylic acids is 2. The number of non-ortho nitro benzene ring substituents is 2. The molecule has 0 bridgehead atoms. The van der Waals surface area contributed by atoms with E-state index in [1.807, 2.05) is 0 Å². The van der Waals surface area contributed by atoms with Gasteiger partial charge >= 0.3 is 5.97 Å². The minimum Gasteiger partial charge on any atom is -0.461 e. The molecule has 2 rings (SSSR count). The molecule has 2 aromatic rings. The molecule has 0 spiro atoms. The van der Waals surface area contributed by atoms with Crippen LogP contribution in [0.15, 0.2) is 48.5 Å². The van der Waals surface area contributed by atoms with Gasteiger partial charge in [0.1, 0.15) is 6.61 Å². The topological polar surface area (TPSA) is 142 Å². The maximum Gasteiger partial charge on any atom is 0.306 e. The summed E-state index contributed by atoms with van der Waals surface area (Å²) in [4.78, 5) is 43.7. The summed E-state index contributed by atoms with van der Waals surface area (Å²) in [5.74, 6) is -1.07. The van der Waals surface area contributed by atoms with E-state index in [1.54, 1.807) is 6.07 Å². The van der Waals surface area contributed by atoms with Crippen LogP contribution in [0.5, 0.6) is 0 Å². The van der Waals surface area contributed by atoms with Gasteiger partial charge in [0.2, 0.25) is 5.91 Å². The highest BCUT2D eigenvalue weighted by Crippen LogP contribution is 2.16. The zero-order chi connectivity index (χ0) is 19.8. The molecule has 0 fully saturated rings. The molecule has 0 saturated carbocycles. The van der Waals surface area contributed by atoms with E-state index in [9.17, 15) is 29.8 Å². The number of esters is 1. The molecule has 1 N–H and O–H groups in total. The Kier molecular flexibility index (Phi) is 6.53. The van der Waals surface area contributed by atoms with E-state index in [1.165, 1.54) is 42.5 Å². The molecule has 1 amide bonds. The molecule has 10 heteroatoms. The van der Waals surface area contributed by atoms with Gasteiger partial charge < -0.3 is 10.1 Å². The first-order valence-electron chi connectivity index (χ1n) is 7.78. The van der Waals surface area contributed by atoms with Gasteiger partial charge in [0.15, 0.2) is 0 Å². The smallest absolute Gasteiger partial charge is 0.306 e. The second kappa shape index (κ2) is 9.04. The summed E-state index contributed by atoms with van der Waals surface area (Å²) in [6, 6.07) is 11.0. The number of hydrogen-bond acceptors (Lipinski definition) is 7. The molecule has 0 heterocycles. The quantitative estimate of drug-likeness (QED) is 0.426. The molecule has 0 saturated heterocycles. The molecule has 10 nitrogen and oxygen atoms in total. The molecular weight excluding hydrogens is 358 g/mol. The number of nitrogens with one attached hydrogen (secondary N) is 1. The van der Waals surface area contributed by atoms with Crippen LogP contribution in [0.4, 0.5) is 17.1 Å². The number of nitro groups is 2. The Morgan fingerprint density at radius 3 is 2.22 bits per heavy atom. The molecule has 0 atom stereocenters. The van der Waals surface area contributed by atoms with Crippen LogP contribution in [0, 0.1) is 20.2 Å². The molecule has 0 aliphatic heterocycles. The Morgan fingerprint density at radius 1 is 0.926 bits per heavy atom. The summed E-state index contributed by atoms with van der Waals surface area (Å²) < 4.78 is 4.99. The third-order valence-electron chi connectivity index (χ3n) is 3.44. The number of hydrogen-bond donors (Lipinski definition) is 1. The third-order valence-corrected chi connectivity index (χ3v) is 3.44. The van der Waals surface area contributed by atoms with E-state index in [0.29, 0.717) is 11.3 Å². The highest BCUT2D eigenvalue weighted by atomic mass is 16.6. The number of ether oxygens (including phenoxy) is 1. The third kappa shape index (κ3) is 6.20. The fourth-order valence-electron chi connectivity index (χ4n) is 2.10. The molecule has 27 heavy (non-hydrogen) atoms. The summed E-state index contributed by atoms with van der Waals surface area (Å²) in [7, 11) is 0. The van der Waals surface area contributed by atoms with E-state index in [-0.39, 0.29) is 30.8 Å². The molecular formula is C17H15N3O7. The van der Waals surface area contributed by atoms with Crippen molar-refractivity contribution in [3.05, 3.63) is 74.3 Å². The minimum atomic E-state index is -0.625. The van der Waals surface area contributed by atoms with Crippen molar-refractivity contribution in [3.8, 4) is 0 Å². The van der Waals surface area contributed by atoms with Crippen LogP contribution >= 0.6 is 0 Å². The highest BCUT2D eigenvalue weighted by Gasteiger charge is 2.11. The molecule has 0 radical (unpaired) electrons. The standard InChI is InChI=1S/C17H15N3O7/c21-16(18-13-4-6-14(7-5-13)19(23)24)8-9-17(22)27-11-12-2-1-3-15(10-12)20(25)26/h1-7,10H,8-9,11H2,(H,18,21). The van der Waals surface area contributed by atoms with Crippen molar-refractivity contribution in [1.29, 1.82) is 0 Å². The first-order chi connectivity index (χ1) is 12.8. The van der Waals surface area contributed by atoms with Gasteiger partial charge in [0.05, 0.1) is 16.3 Å². The number of amides is 1. The van der Waals surface area contributed by atoms with Crippen molar-refractivity contribution >= 4 is 28.9 Å².